The van der Waals surface area contributed by atoms with Crippen molar-refractivity contribution in [2.24, 2.45) is 11.8 Å². The second-order valence-corrected chi connectivity index (χ2v) is 4.67. The van der Waals surface area contributed by atoms with Gasteiger partial charge in [-0.15, -0.1) is 0 Å². The van der Waals surface area contributed by atoms with E-state index in [9.17, 15) is 4.79 Å². The highest BCUT2D eigenvalue weighted by Crippen LogP contribution is 2.15. The molecular weight excluding hydrogens is 230 g/mol. The van der Waals surface area contributed by atoms with E-state index in [4.69, 9.17) is 9.47 Å². The molecule has 1 amide bonds. The molecule has 0 fully saturated rings. The number of hydrogen-bond acceptors (Lipinski definition) is 3. The first-order chi connectivity index (χ1) is 8.52. The molecule has 0 bridgehead atoms. The van der Waals surface area contributed by atoms with Gasteiger partial charge >= 0.3 is 6.09 Å². The smallest absolute Gasteiger partial charge is 0.411 e. The van der Waals surface area contributed by atoms with E-state index in [1.54, 1.807) is 31.4 Å². The van der Waals surface area contributed by atoms with Crippen LogP contribution in [0.4, 0.5) is 10.5 Å². The Kier molecular flexibility index (Phi) is 5.49. The van der Waals surface area contributed by atoms with Gasteiger partial charge in [0.2, 0.25) is 0 Å². The minimum atomic E-state index is -0.423. The lowest BCUT2D eigenvalue weighted by atomic mass is 10.00. The summed E-state index contributed by atoms with van der Waals surface area (Å²) in [4.78, 5) is 11.5. The normalized spacial score (nSPS) is 12.1. The van der Waals surface area contributed by atoms with Gasteiger partial charge in [0, 0.05) is 5.69 Å². The van der Waals surface area contributed by atoms with Crippen molar-refractivity contribution in [1.82, 2.24) is 0 Å². The quantitative estimate of drug-likeness (QED) is 0.870. The molecule has 1 unspecified atom stereocenters. The Morgan fingerprint density at radius 1 is 1.22 bits per heavy atom. The third-order valence-corrected chi connectivity index (χ3v) is 2.95. The van der Waals surface area contributed by atoms with Crippen molar-refractivity contribution < 1.29 is 14.3 Å². The molecule has 0 aliphatic heterocycles. The summed E-state index contributed by atoms with van der Waals surface area (Å²) in [5, 5.41) is 2.67. The Balaban J connectivity index is 2.39. The molecule has 0 saturated heterocycles. The summed E-state index contributed by atoms with van der Waals surface area (Å²) in [5.41, 5.74) is 0.693. The summed E-state index contributed by atoms with van der Waals surface area (Å²) in [7, 11) is 1.60. The molecule has 0 aromatic heterocycles. The fourth-order valence-electron chi connectivity index (χ4n) is 1.23. The van der Waals surface area contributed by atoms with E-state index in [-0.39, 0.29) is 0 Å². The molecule has 0 saturated carbocycles. The molecule has 0 radical (unpaired) electrons. The van der Waals surface area contributed by atoms with Gasteiger partial charge in [0.25, 0.3) is 0 Å². The van der Waals surface area contributed by atoms with Gasteiger partial charge < -0.3 is 9.47 Å². The minimum Gasteiger partial charge on any atom is -0.497 e. The maximum absolute atomic E-state index is 11.5. The van der Waals surface area contributed by atoms with Crippen molar-refractivity contribution in [3.63, 3.8) is 0 Å². The van der Waals surface area contributed by atoms with Crippen molar-refractivity contribution in [3.05, 3.63) is 24.3 Å². The van der Waals surface area contributed by atoms with Crippen LogP contribution in [0.2, 0.25) is 0 Å². The zero-order valence-corrected chi connectivity index (χ0v) is 11.4. The van der Waals surface area contributed by atoms with Gasteiger partial charge in [-0.2, -0.15) is 0 Å². The van der Waals surface area contributed by atoms with E-state index in [2.05, 4.69) is 26.1 Å². The first kappa shape index (κ1) is 14.4. The predicted molar refractivity (Wildman–Crippen MR) is 72.0 cm³/mol. The Bertz CT molecular complexity index is 373. The van der Waals surface area contributed by atoms with Crippen molar-refractivity contribution in [3.8, 4) is 5.75 Å². The number of carbonyl (C=O) groups excluding carboxylic acids is 1. The van der Waals surface area contributed by atoms with E-state index >= 15 is 0 Å². The number of methoxy groups -OCH3 is 1. The molecule has 1 N–H and O–H groups in total. The van der Waals surface area contributed by atoms with Crippen LogP contribution >= 0.6 is 0 Å². The third kappa shape index (κ3) is 4.65. The van der Waals surface area contributed by atoms with E-state index in [0.717, 1.165) is 5.75 Å². The van der Waals surface area contributed by atoms with E-state index in [0.29, 0.717) is 24.1 Å². The van der Waals surface area contributed by atoms with Gasteiger partial charge in [-0.3, -0.25) is 5.32 Å². The number of carbonyl (C=O) groups is 1. The molecule has 1 atom stereocenters. The first-order valence-corrected chi connectivity index (χ1v) is 6.10. The molecule has 1 rings (SSSR count). The maximum Gasteiger partial charge on any atom is 0.411 e. The van der Waals surface area contributed by atoms with Gasteiger partial charge in [-0.05, 0) is 36.1 Å². The largest absolute Gasteiger partial charge is 0.497 e. The lowest BCUT2D eigenvalue weighted by molar-refractivity contribution is 0.133. The van der Waals surface area contributed by atoms with Crippen LogP contribution < -0.4 is 10.1 Å². The second kappa shape index (κ2) is 6.89. The topological polar surface area (TPSA) is 47.6 Å². The number of ether oxygens (including phenoxy) is 2. The van der Waals surface area contributed by atoms with Crippen molar-refractivity contribution in [2.75, 3.05) is 19.0 Å². The summed E-state index contributed by atoms with van der Waals surface area (Å²) in [6.07, 6.45) is -0.423. The van der Waals surface area contributed by atoms with E-state index in [1.807, 2.05) is 0 Å². The van der Waals surface area contributed by atoms with Crippen molar-refractivity contribution in [1.29, 1.82) is 0 Å². The summed E-state index contributed by atoms with van der Waals surface area (Å²) >= 11 is 0. The summed E-state index contributed by atoms with van der Waals surface area (Å²) in [6, 6.07) is 7.11. The Labute approximate surface area is 108 Å². The zero-order valence-electron chi connectivity index (χ0n) is 11.4. The zero-order chi connectivity index (χ0) is 13.5. The molecule has 0 heterocycles. The van der Waals surface area contributed by atoms with Gasteiger partial charge in [0.15, 0.2) is 0 Å². The van der Waals surface area contributed by atoms with Crippen molar-refractivity contribution >= 4 is 11.8 Å². The Hall–Kier alpha value is -1.71. The second-order valence-electron chi connectivity index (χ2n) is 4.67. The average molecular weight is 251 g/mol. The van der Waals surface area contributed by atoms with Gasteiger partial charge in [-0.1, -0.05) is 20.8 Å². The lowest BCUT2D eigenvalue weighted by Crippen LogP contribution is -2.19. The van der Waals surface area contributed by atoms with Crippen LogP contribution in [-0.2, 0) is 4.74 Å². The third-order valence-electron chi connectivity index (χ3n) is 2.95. The molecular formula is C14H21NO3. The molecule has 4 heteroatoms. The lowest BCUT2D eigenvalue weighted by Gasteiger charge is -2.15. The number of amides is 1. The highest BCUT2D eigenvalue weighted by molar-refractivity contribution is 5.84. The molecule has 100 valence electrons. The van der Waals surface area contributed by atoms with Crippen LogP contribution in [0.1, 0.15) is 20.8 Å². The Morgan fingerprint density at radius 3 is 2.33 bits per heavy atom. The summed E-state index contributed by atoms with van der Waals surface area (Å²) < 4.78 is 10.2. The van der Waals surface area contributed by atoms with Crippen LogP contribution in [0.15, 0.2) is 24.3 Å². The molecule has 1 aromatic rings. The predicted octanol–water partition coefficient (Wildman–Crippen LogP) is 3.54. The van der Waals surface area contributed by atoms with Gasteiger partial charge in [-0.25, -0.2) is 4.79 Å². The van der Waals surface area contributed by atoms with E-state index < -0.39 is 6.09 Å². The van der Waals surface area contributed by atoms with Crippen molar-refractivity contribution in [2.45, 2.75) is 20.8 Å². The van der Waals surface area contributed by atoms with Gasteiger partial charge in [0.05, 0.1) is 13.7 Å². The molecule has 18 heavy (non-hydrogen) atoms. The number of benzene rings is 1. The number of rotatable bonds is 5. The molecule has 0 spiro atoms. The summed E-state index contributed by atoms with van der Waals surface area (Å²) in [5.74, 6) is 1.60. The van der Waals surface area contributed by atoms with E-state index in [1.165, 1.54) is 0 Å². The fourth-order valence-corrected chi connectivity index (χ4v) is 1.23. The van der Waals surface area contributed by atoms with Crippen LogP contribution in [0, 0.1) is 11.8 Å². The van der Waals surface area contributed by atoms with Crippen LogP contribution in [0.3, 0.4) is 0 Å². The average Bonchev–Trinajstić information content (AvgIpc) is 2.36. The SMILES string of the molecule is COc1ccc(NC(=O)OCC(C)C(C)C)cc1. The fraction of sp³-hybridized carbons (Fsp3) is 0.500. The minimum absolute atomic E-state index is 0.353. The van der Waals surface area contributed by atoms with Crippen LogP contribution in [0.25, 0.3) is 0 Å². The molecule has 1 aromatic carbocycles. The number of hydrogen-bond donors (Lipinski definition) is 1. The Morgan fingerprint density at radius 2 is 1.83 bits per heavy atom. The standard InChI is InChI=1S/C14H21NO3/c1-10(2)11(3)9-18-14(16)15-12-5-7-13(17-4)8-6-12/h5-8,10-11H,9H2,1-4H3,(H,15,16). The van der Waals surface area contributed by atoms with Crippen LogP contribution in [0.5, 0.6) is 5.75 Å². The molecule has 4 nitrogen and oxygen atoms in total. The van der Waals surface area contributed by atoms with Crippen LogP contribution in [-0.4, -0.2) is 19.8 Å². The first-order valence-electron chi connectivity index (χ1n) is 6.10. The summed E-state index contributed by atoms with van der Waals surface area (Å²) in [6.45, 7) is 6.70. The number of nitrogens with one attached hydrogen (secondary N) is 1. The molecule has 0 aliphatic rings. The number of anilines is 1. The maximum atomic E-state index is 11.5. The highest BCUT2D eigenvalue weighted by atomic mass is 16.5. The highest BCUT2D eigenvalue weighted by Gasteiger charge is 2.10. The van der Waals surface area contributed by atoms with Gasteiger partial charge in [0.1, 0.15) is 5.75 Å². The monoisotopic (exact) mass is 251 g/mol. The molecule has 0 aliphatic carbocycles.